The molecule has 0 aromatic carbocycles. The van der Waals surface area contributed by atoms with E-state index in [0.717, 1.165) is 48.2 Å². The van der Waals surface area contributed by atoms with Crippen LogP contribution in [0.2, 0.25) is 0 Å². The lowest BCUT2D eigenvalue weighted by Crippen LogP contribution is -2.55. The van der Waals surface area contributed by atoms with Crippen LogP contribution in [0.3, 0.4) is 0 Å². The predicted molar refractivity (Wildman–Crippen MR) is 81.9 cm³/mol. The van der Waals surface area contributed by atoms with E-state index < -0.39 is 0 Å². The Morgan fingerprint density at radius 1 is 1.24 bits per heavy atom. The van der Waals surface area contributed by atoms with Crippen LogP contribution in [0.1, 0.15) is 56.8 Å². The van der Waals surface area contributed by atoms with E-state index in [1.807, 2.05) is 13.8 Å². The van der Waals surface area contributed by atoms with Crippen molar-refractivity contribution in [3.63, 3.8) is 0 Å². The number of hydrogen-bond donors (Lipinski definition) is 2. The predicted octanol–water partition coefficient (Wildman–Crippen LogP) is 3.57. The molecule has 1 heterocycles. The monoisotopic (exact) mass is 287 g/mol. The smallest absolute Gasteiger partial charge is 0.230 e. The summed E-state index contributed by atoms with van der Waals surface area (Å²) in [5, 5.41) is 10.3. The van der Waals surface area contributed by atoms with E-state index in [1.165, 1.54) is 19.3 Å². The van der Waals surface area contributed by atoms with E-state index in [9.17, 15) is 4.79 Å². The fourth-order valence-corrected chi connectivity index (χ4v) is 5.97. The van der Waals surface area contributed by atoms with Crippen molar-refractivity contribution in [2.24, 2.45) is 22.7 Å². The van der Waals surface area contributed by atoms with Crippen LogP contribution in [0.15, 0.2) is 0 Å². The molecule has 4 aliphatic rings. The highest BCUT2D eigenvalue weighted by molar-refractivity contribution is 5.96. The minimum atomic E-state index is -0.116. The van der Waals surface area contributed by atoms with Crippen LogP contribution in [0, 0.1) is 36.5 Å². The summed E-state index contributed by atoms with van der Waals surface area (Å²) in [6, 6.07) is 0. The third kappa shape index (κ3) is 1.95. The molecule has 0 radical (unpaired) electrons. The summed E-state index contributed by atoms with van der Waals surface area (Å²) in [6.45, 7) is 6.32. The van der Waals surface area contributed by atoms with Gasteiger partial charge >= 0.3 is 0 Å². The average molecular weight is 287 g/mol. The van der Waals surface area contributed by atoms with E-state index in [1.54, 1.807) is 0 Å². The average Bonchev–Trinajstić information content (AvgIpc) is 2.67. The zero-order valence-electron chi connectivity index (χ0n) is 13.3. The maximum atomic E-state index is 13.1. The first-order valence-electron chi connectivity index (χ1n) is 8.22. The standard InChI is InChI=1S/C17H25N3O/c1-10-14(11(2)20-19-10)18-15(21)17-7-12-4-13(8-17)6-16(3,5-12)9-17/h12-13H,4-9H2,1-3H3,(H,18,21)(H,19,20). The van der Waals surface area contributed by atoms with Crippen LogP contribution >= 0.6 is 0 Å². The number of aryl methyl sites for hydroxylation is 2. The number of hydrogen-bond acceptors (Lipinski definition) is 2. The van der Waals surface area contributed by atoms with E-state index in [-0.39, 0.29) is 11.3 Å². The van der Waals surface area contributed by atoms with Gasteiger partial charge in [-0.1, -0.05) is 6.92 Å². The minimum Gasteiger partial charge on any atom is -0.322 e. The number of amides is 1. The van der Waals surface area contributed by atoms with Crippen molar-refractivity contribution in [1.29, 1.82) is 0 Å². The van der Waals surface area contributed by atoms with Crippen LogP contribution < -0.4 is 5.32 Å². The van der Waals surface area contributed by atoms with E-state index in [2.05, 4.69) is 22.4 Å². The first-order valence-corrected chi connectivity index (χ1v) is 8.22. The summed E-state index contributed by atoms with van der Waals surface area (Å²) in [4.78, 5) is 13.1. The van der Waals surface area contributed by atoms with Gasteiger partial charge in [0, 0.05) is 0 Å². The molecule has 4 nitrogen and oxygen atoms in total. The Bertz CT molecular complexity index is 570. The van der Waals surface area contributed by atoms with E-state index in [0.29, 0.717) is 5.41 Å². The highest BCUT2D eigenvalue weighted by Gasteiger charge is 2.58. The molecule has 4 bridgehead atoms. The summed E-state index contributed by atoms with van der Waals surface area (Å²) in [5.74, 6) is 1.79. The molecule has 0 aliphatic heterocycles. The van der Waals surface area contributed by atoms with Gasteiger partial charge in [-0.15, -0.1) is 0 Å². The normalized spacial score (nSPS) is 40.5. The number of nitrogens with one attached hydrogen (secondary N) is 2. The molecule has 4 aliphatic carbocycles. The third-order valence-corrected chi connectivity index (χ3v) is 6.20. The topological polar surface area (TPSA) is 57.8 Å². The van der Waals surface area contributed by atoms with Crippen molar-refractivity contribution in [2.75, 3.05) is 5.32 Å². The van der Waals surface area contributed by atoms with Gasteiger partial charge in [0.2, 0.25) is 5.91 Å². The second-order valence-electron chi connectivity index (χ2n) is 8.32. The van der Waals surface area contributed by atoms with Crippen molar-refractivity contribution in [1.82, 2.24) is 10.2 Å². The quantitative estimate of drug-likeness (QED) is 0.873. The van der Waals surface area contributed by atoms with Crippen LogP contribution in [0.4, 0.5) is 5.69 Å². The number of anilines is 1. The molecule has 21 heavy (non-hydrogen) atoms. The number of H-pyrrole nitrogens is 1. The Morgan fingerprint density at radius 2 is 1.90 bits per heavy atom. The van der Waals surface area contributed by atoms with E-state index >= 15 is 0 Å². The van der Waals surface area contributed by atoms with Gasteiger partial charge in [-0.25, -0.2) is 0 Å². The van der Waals surface area contributed by atoms with Gasteiger partial charge in [0.15, 0.2) is 0 Å². The lowest BCUT2D eigenvalue weighted by Gasteiger charge is -2.60. The van der Waals surface area contributed by atoms with Crippen LogP contribution in [-0.4, -0.2) is 16.1 Å². The van der Waals surface area contributed by atoms with Crippen molar-refractivity contribution in [3.8, 4) is 0 Å². The molecule has 4 saturated carbocycles. The largest absolute Gasteiger partial charge is 0.322 e. The molecule has 2 unspecified atom stereocenters. The van der Waals surface area contributed by atoms with Gasteiger partial charge in [-0.2, -0.15) is 5.10 Å². The van der Waals surface area contributed by atoms with Gasteiger partial charge in [0.25, 0.3) is 0 Å². The zero-order valence-corrected chi connectivity index (χ0v) is 13.3. The molecule has 0 saturated heterocycles. The minimum absolute atomic E-state index is 0.116. The lowest BCUT2D eigenvalue weighted by atomic mass is 9.44. The zero-order chi connectivity index (χ0) is 14.8. The SMILES string of the molecule is Cc1n[nH]c(C)c1NC(=O)C12CC3CC(CC(C)(C3)C1)C2. The number of nitrogens with zero attached hydrogens (tertiary/aromatic N) is 1. The first kappa shape index (κ1) is 13.4. The Labute approximate surface area is 126 Å². The maximum Gasteiger partial charge on any atom is 0.230 e. The lowest BCUT2D eigenvalue weighted by molar-refractivity contribution is -0.149. The van der Waals surface area contributed by atoms with Crippen LogP contribution in [0.25, 0.3) is 0 Å². The summed E-state index contributed by atoms with van der Waals surface area (Å²) in [5.41, 5.74) is 3.02. The van der Waals surface area contributed by atoms with Crippen molar-refractivity contribution in [3.05, 3.63) is 11.4 Å². The summed E-state index contributed by atoms with van der Waals surface area (Å²) in [7, 11) is 0. The molecule has 2 N–H and O–H groups in total. The van der Waals surface area contributed by atoms with E-state index in [4.69, 9.17) is 0 Å². The number of aromatic nitrogens is 2. The first-order chi connectivity index (χ1) is 9.89. The van der Waals surface area contributed by atoms with Crippen LogP contribution in [0.5, 0.6) is 0 Å². The van der Waals surface area contributed by atoms with Crippen LogP contribution in [-0.2, 0) is 4.79 Å². The Hall–Kier alpha value is -1.32. The molecule has 2 atom stereocenters. The number of aromatic amines is 1. The van der Waals surface area contributed by atoms with Gasteiger partial charge in [0.05, 0.1) is 22.5 Å². The molecular weight excluding hydrogens is 262 g/mol. The highest BCUT2D eigenvalue weighted by atomic mass is 16.2. The Balaban J connectivity index is 1.62. The second kappa shape index (κ2) is 4.11. The molecule has 0 spiro atoms. The summed E-state index contributed by atoms with van der Waals surface area (Å²) in [6.07, 6.45) is 7.30. The molecule has 1 aromatic rings. The fraction of sp³-hybridized carbons (Fsp3) is 0.765. The molecule has 4 heteroatoms. The van der Waals surface area contributed by atoms with Crippen molar-refractivity contribution in [2.45, 2.75) is 59.3 Å². The summed E-state index contributed by atoms with van der Waals surface area (Å²) < 4.78 is 0. The van der Waals surface area contributed by atoms with Gasteiger partial charge in [0.1, 0.15) is 0 Å². The number of carbonyl (C=O) groups excluding carboxylic acids is 1. The molecule has 114 valence electrons. The fourth-order valence-electron chi connectivity index (χ4n) is 5.97. The summed E-state index contributed by atoms with van der Waals surface area (Å²) >= 11 is 0. The van der Waals surface area contributed by atoms with Gasteiger partial charge in [-0.3, -0.25) is 9.89 Å². The van der Waals surface area contributed by atoms with Gasteiger partial charge < -0.3 is 5.32 Å². The molecule has 5 rings (SSSR count). The highest BCUT2D eigenvalue weighted by Crippen LogP contribution is 2.65. The molecule has 4 fully saturated rings. The van der Waals surface area contributed by atoms with Crippen molar-refractivity contribution < 1.29 is 4.79 Å². The maximum absolute atomic E-state index is 13.1. The molecule has 1 aromatic heterocycles. The number of carbonyl (C=O) groups is 1. The second-order valence-corrected chi connectivity index (χ2v) is 8.32. The third-order valence-electron chi connectivity index (χ3n) is 6.20. The molecule has 1 amide bonds. The Kier molecular flexibility index (Phi) is 2.61. The Morgan fingerprint density at radius 3 is 2.43 bits per heavy atom. The number of rotatable bonds is 2. The van der Waals surface area contributed by atoms with Crippen molar-refractivity contribution >= 4 is 11.6 Å². The van der Waals surface area contributed by atoms with Gasteiger partial charge in [-0.05, 0) is 69.6 Å². The molecular formula is C17H25N3O.